The van der Waals surface area contributed by atoms with Gasteiger partial charge in [-0.2, -0.15) is 0 Å². The monoisotopic (exact) mass is 293 g/mol. The van der Waals surface area contributed by atoms with Gasteiger partial charge in [-0.1, -0.05) is 6.92 Å². The second-order valence-electron chi connectivity index (χ2n) is 4.74. The van der Waals surface area contributed by atoms with E-state index in [4.69, 9.17) is 10.5 Å². The van der Waals surface area contributed by atoms with Crippen LogP contribution in [-0.2, 0) is 14.3 Å². The Labute approximate surface area is 120 Å². The second kappa shape index (κ2) is 5.16. The van der Waals surface area contributed by atoms with Crippen LogP contribution >= 0.6 is 0 Å². The second-order valence-corrected chi connectivity index (χ2v) is 4.74. The van der Waals surface area contributed by atoms with E-state index in [0.29, 0.717) is 5.70 Å². The number of nitrogens with one attached hydrogen (secondary N) is 1. The molecule has 1 amide bonds. The third kappa shape index (κ3) is 1.96. The third-order valence-corrected chi connectivity index (χ3v) is 3.77. The third-order valence-electron chi connectivity index (χ3n) is 3.77. The Bertz CT molecular complexity index is 630. The summed E-state index contributed by atoms with van der Waals surface area (Å²) in [5, 5.41) is 13.8. The van der Waals surface area contributed by atoms with Crippen LogP contribution in [0.15, 0.2) is 28.7 Å². The van der Waals surface area contributed by atoms with E-state index in [1.54, 1.807) is 19.8 Å². The van der Waals surface area contributed by atoms with Gasteiger partial charge >= 0.3 is 5.70 Å². The number of carbonyl (C=O) groups is 1. The Balaban J connectivity index is 2.67. The number of hydrogen-bond donors (Lipinski definition) is 2. The molecule has 1 saturated heterocycles. The van der Waals surface area contributed by atoms with Crippen LogP contribution < -0.4 is 11.1 Å². The molecule has 2 unspecified atom stereocenters. The van der Waals surface area contributed by atoms with Crippen LogP contribution in [0.3, 0.4) is 0 Å². The van der Waals surface area contributed by atoms with Crippen LogP contribution in [0.5, 0.6) is 0 Å². The van der Waals surface area contributed by atoms with E-state index < -0.39 is 28.0 Å². The summed E-state index contributed by atoms with van der Waals surface area (Å²) < 4.78 is 5.58. The van der Waals surface area contributed by atoms with E-state index in [2.05, 4.69) is 5.32 Å². The first-order valence-corrected chi connectivity index (χ1v) is 6.49. The van der Waals surface area contributed by atoms with Gasteiger partial charge in [0.2, 0.25) is 0 Å². The minimum atomic E-state index is -1.35. The Morgan fingerprint density at radius 2 is 2.24 bits per heavy atom. The summed E-state index contributed by atoms with van der Waals surface area (Å²) in [5.41, 5.74) is 3.63. The number of hydrogen-bond acceptors (Lipinski definition) is 6. The number of nitrogens with two attached hydrogens (primary N) is 1. The average molecular weight is 293 g/mol. The van der Waals surface area contributed by atoms with Crippen LogP contribution in [0.1, 0.15) is 20.3 Å². The summed E-state index contributed by atoms with van der Waals surface area (Å²) in [7, 11) is 0. The maximum absolute atomic E-state index is 12.3. The van der Waals surface area contributed by atoms with Crippen LogP contribution in [0, 0.1) is 16.0 Å². The van der Waals surface area contributed by atoms with Gasteiger partial charge in [-0.05, 0) is 19.4 Å². The van der Waals surface area contributed by atoms with Crippen molar-refractivity contribution in [1.82, 2.24) is 5.32 Å². The zero-order valence-corrected chi connectivity index (χ0v) is 11.6. The average Bonchev–Trinajstić information content (AvgIpc) is 2.69. The molecule has 3 N–H and O–H groups in total. The van der Waals surface area contributed by atoms with Crippen LogP contribution in [-0.4, -0.2) is 29.0 Å². The first kappa shape index (κ1) is 15.0. The molecule has 2 aliphatic rings. The highest BCUT2D eigenvalue weighted by Crippen LogP contribution is 2.45. The topological polar surface area (TPSA) is 125 Å². The maximum atomic E-state index is 12.3. The fourth-order valence-electron chi connectivity index (χ4n) is 2.91. The number of nitrogens with zero attached hydrogens (tertiary/aromatic N) is 1. The molecular formula is C13H15N3O5. The zero-order chi connectivity index (χ0) is 15.8. The van der Waals surface area contributed by atoms with E-state index >= 15 is 0 Å². The summed E-state index contributed by atoms with van der Waals surface area (Å²) in [5.74, 6) is 0.254. The minimum Gasteiger partial charge on any atom is -0.393 e. The lowest BCUT2D eigenvalue weighted by molar-refractivity contribution is -0.422. The molecule has 1 aliphatic carbocycles. The summed E-state index contributed by atoms with van der Waals surface area (Å²) in [6, 6.07) is 0. The fraction of sp³-hybridized carbons (Fsp3) is 0.462. The SMILES string of the molecule is CCOC1(CC)C(=O)NC2=CC(N)=C([N+](=O)[O-])C(=C=O)C21. The highest BCUT2D eigenvalue weighted by atomic mass is 16.6. The molecule has 112 valence electrons. The highest BCUT2D eigenvalue weighted by molar-refractivity contribution is 5.93. The number of amides is 1. The molecule has 8 nitrogen and oxygen atoms in total. The van der Waals surface area contributed by atoms with E-state index in [1.165, 1.54) is 6.08 Å². The molecule has 1 heterocycles. The largest absolute Gasteiger partial charge is 0.393 e. The molecule has 2 atom stereocenters. The van der Waals surface area contributed by atoms with Gasteiger partial charge in [-0.25, -0.2) is 4.79 Å². The van der Waals surface area contributed by atoms with Crippen LogP contribution in [0.2, 0.25) is 0 Å². The number of carbonyl (C=O) groups excluding carboxylic acids is 2. The quantitative estimate of drug-likeness (QED) is 0.427. The predicted octanol–water partition coefficient (Wildman–Crippen LogP) is 0.0202. The van der Waals surface area contributed by atoms with Gasteiger partial charge in [-0.15, -0.1) is 0 Å². The summed E-state index contributed by atoms with van der Waals surface area (Å²) in [6.45, 7) is 3.65. The van der Waals surface area contributed by atoms with E-state index in [0.717, 1.165) is 0 Å². The molecule has 0 spiro atoms. The number of fused-ring (bicyclic) bond motifs is 1. The van der Waals surface area contributed by atoms with Crippen molar-refractivity contribution in [2.24, 2.45) is 11.7 Å². The van der Waals surface area contributed by atoms with Gasteiger partial charge in [0, 0.05) is 12.3 Å². The van der Waals surface area contributed by atoms with Gasteiger partial charge < -0.3 is 15.8 Å². The minimum absolute atomic E-state index is 0.187. The van der Waals surface area contributed by atoms with Crippen molar-refractivity contribution in [2.75, 3.05) is 6.61 Å². The molecule has 0 bridgehead atoms. The molecule has 0 aromatic rings. The number of ether oxygens (including phenoxy) is 1. The van der Waals surface area contributed by atoms with Crippen molar-refractivity contribution in [3.8, 4) is 0 Å². The van der Waals surface area contributed by atoms with E-state index in [1.807, 2.05) is 0 Å². The number of nitro groups is 1. The van der Waals surface area contributed by atoms with Gasteiger partial charge in [0.15, 0.2) is 5.60 Å². The van der Waals surface area contributed by atoms with Crippen LogP contribution in [0.4, 0.5) is 0 Å². The zero-order valence-electron chi connectivity index (χ0n) is 11.6. The van der Waals surface area contributed by atoms with Gasteiger partial charge in [-0.3, -0.25) is 14.9 Å². The standard InChI is InChI=1S/C13H15N3O5/c1-3-13(21-4-2)10-7(6-17)11(16(19)20)8(14)5-9(10)15-12(13)18/h5,10H,3-4,14H2,1-2H3,(H,15,18). The molecule has 1 fully saturated rings. The fourth-order valence-corrected chi connectivity index (χ4v) is 2.91. The molecule has 0 radical (unpaired) electrons. The molecular weight excluding hydrogens is 278 g/mol. The summed E-state index contributed by atoms with van der Waals surface area (Å²) in [6.07, 6.45) is 1.56. The molecule has 8 heteroatoms. The highest BCUT2D eigenvalue weighted by Gasteiger charge is 2.58. The van der Waals surface area contributed by atoms with Crippen LogP contribution in [0.25, 0.3) is 0 Å². The molecule has 2 rings (SSSR count). The van der Waals surface area contributed by atoms with Crippen molar-refractivity contribution in [2.45, 2.75) is 25.9 Å². The summed E-state index contributed by atoms with van der Waals surface area (Å²) in [4.78, 5) is 34.0. The van der Waals surface area contributed by atoms with Crippen molar-refractivity contribution in [3.05, 3.63) is 38.9 Å². The smallest absolute Gasteiger partial charge is 0.307 e. The normalized spacial score (nSPS) is 27.9. The van der Waals surface area contributed by atoms with Crippen molar-refractivity contribution in [3.63, 3.8) is 0 Å². The van der Waals surface area contributed by atoms with Gasteiger partial charge in [0.1, 0.15) is 17.2 Å². The van der Waals surface area contributed by atoms with Crippen molar-refractivity contribution < 1.29 is 19.2 Å². The van der Waals surface area contributed by atoms with Gasteiger partial charge in [0.25, 0.3) is 5.91 Å². The lowest BCUT2D eigenvalue weighted by Crippen LogP contribution is -2.46. The van der Waals surface area contributed by atoms with E-state index in [9.17, 15) is 19.7 Å². The predicted molar refractivity (Wildman–Crippen MR) is 71.8 cm³/mol. The van der Waals surface area contributed by atoms with Crippen molar-refractivity contribution in [1.29, 1.82) is 0 Å². The Morgan fingerprint density at radius 3 is 2.71 bits per heavy atom. The number of rotatable bonds is 4. The van der Waals surface area contributed by atoms with Crippen molar-refractivity contribution >= 4 is 11.8 Å². The number of allylic oxidation sites excluding steroid dienone is 2. The lowest BCUT2D eigenvalue weighted by atomic mass is 9.77. The van der Waals surface area contributed by atoms with E-state index in [-0.39, 0.29) is 24.3 Å². The summed E-state index contributed by atoms with van der Waals surface area (Å²) >= 11 is 0. The Kier molecular flexibility index (Phi) is 3.67. The van der Waals surface area contributed by atoms with Gasteiger partial charge in [0.05, 0.1) is 10.8 Å². The molecule has 0 aromatic carbocycles. The Hall–Kier alpha value is -2.44. The molecule has 0 aromatic heterocycles. The Morgan fingerprint density at radius 1 is 1.57 bits per heavy atom. The lowest BCUT2D eigenvalue weighted by Gasteiger charge is -2.31. The maximum Gasteiger partial charge on any atom is 0.307 e. The molecule has 0 saturated carbocycles. The molecule has 1 aliphatic heterocycles. The molecule has 21 heavy (non-hydrogen) atoms. The first-order chi connectivity index (χ1) is 9.92. The first-order valence-electron chi connectivity index (χ1n) is 6.49.